The zero-order valence-corrected chi connectivity index (χ0v) is 15.0. The Balaban J connectivity index is 1.56. The fourth-order valence-electron chi connectivity index (χ4n) is 3.57. The summed E-state index contributed by atoms with van der Waals surface area (Å²) in [7, 11) is 0. The van der Waals surface area contributed by atoms with E-state index < -0.39 is 5.91 Å². The van der Waals surface area contributed by atoms with Gasteiger partial charge in [0.2, 0.25) is 5.78 Å². The number of aryl methyl sites for hydroxylation is 1. The fourth-order valence-corrected chi connectivity index (χ4v) is 3.57. The van der Waals surface area contributed by atoms with E-state index in [0.717, 1.165) is 13.1 Å². The van der Waals surface area contributed by atoms with Crippen LogP contribution in [0.3, 0.4) is 0 Å². The smallest absolute Gasteiger partial charge is 0.255 e. The number of fused-ring (bicyclic) bond motifs is 2. The van der Waals surface area contributed by atoms with Crippen molar-refractivity contribution in [3.05, 3.63) is 58.0 Å². The fraction of sp³-hybridized carbons (Fsp3) is 0.350. The summed E-state index contributed by atoms with van der Waals surface area (Å²) in [6.07, 6.45) is 0. The number of carbonyl (C=O) groups is 3. The number of furan rings is 1. The number of amides is 1. The lowest BCUT2D eigenvalue weighted by Crippen LogP contribution is -2.41. The van der Waals surface area contributed by atoms with Crippen molar-refractivity contribution in [1.29, 1.82) is 0 Å². The molecule has 1 N–H and O–H groups in total. The molecule has 0 spiro atoms. The number of ketones is 2. The van der Waals surface area contributed by atoms with Crippen LogP contribution in [0, 0.1) is 6.92 Å². The molecule has 2 aromatic rings. The van der Waals surface area contributed by atoms with Gasteiger partial charge in [0.25, 0.3) is 5.91 Å². The molecule has 1 fully saturated rings. The maximum atomic E-state index is 12.9. The van der Waals surface area contributed by atoms with Crippen molar-refractivity contribution < 1.29 is 23.5 Å². The minimum Gasteiger partial charge on any atom is -0.456 e. The third kappa shape index (κ3) is 3.09. The Morgan fingerprint density at radius 1 is 1.11 bits per heavy atom. The van der Waals surface area contributed by atoms with E-state index in [1.54, 1.807) is 31.2 Å². The van der Waals surface area contributed by atoms with Crippen molar-refractivity contribution in [2.75, 3.05) is 39.4 Å². The molecule has 140 valence electrons. The van der Waals surface area contributed by atoms with Gasteiger partial charge >= 0.3 is 0 Å². The predicted molar refractivity (Wildman–Crippen MR) is 96.3 cm³/mol. The number of carbonyl (C=O) groups excluding carboxylic acids is 3. The molecule has 1 aromatic carbocycles. The van der Waals surface area contributed by atoms with Crippen LogP contribution in [0.2, 0.25) is 0 Å². The van der Waals surface area contributed by atoms with Crippen molar-refractivity contribution in [3.8, 4) is 0 Å². The van der Waals surface area contributed by atoms with Gasteiger partial charge in [-0.15, -0.1) is 0 Å². The molecular formula is C20H20N2O5. The topological polar surface area (TPSA) is 88.8 Å². The SMILES string of the molecule is Cc1oc2c(c1C(=O)NCCN1CCOCC1)C(=O)c1ccccc1C2=O. The molecule has 0 bridgehead atoms. The number of nitrogens with one attached hydrogen (secondary N) is 1. The number of ether oxygens (including phenoxy) is 1. The van der Waals surface area contributed by atoms with E-state index in [0.29, 0.717) is 37.4 Å². The van der Waals surface area contributed by atoms with Gasteiger partial charge in [0.15, 0.2) is 11.5 Å². The van der Waals surface area contributed by atoms with Gasteiger partial charge in [-0.3, -0.25) is 19.3 Å². The van der Waals surface area contributed by atoms with E-state index >= 15 is 0 Å². The number of benzene rings is 1. The molecule has 4 rings (SSSR count). The number of morpholine rings is 1. The van der Waals surface area contributed by atoms with Crippen LogP contribution in [0.1, 0.15) is 48.2 Å². The average molecular weight is 368 g/mol. The molecule has 1 saturated heterocycles. The number of rotatable bonds is 4. The highest BCUT2D eigenvalue weighted by molar-refractivity contribution is 6.30. The molecule has 27 heavy (non-hydrogen) atoms. The number of hydrogen-bond donors (Lipinski definition) is 1. The third-order valence-corrected chi connectivity index (χ3v) is 4.98. The number of hydrogen-bond acceptors (Lipinski definition) is 6. The first-order valence-electron chi connectivity index (χ1n) is 8.98. The Hall–Kier alpha value is -2.77. The van der Waals surface area contributed by atoms with Gasteiger partial charge < -0.3 is 14.5 Å². The van der Waals surface area contributed by atoms with Crippen LogP contribution in [-0.2, 0) is 4.74 Å². The molecule has 7 heteroatoms. The summed E-state index contributed by atoms with van der Waals surface area (Å²) < 4.78 is 10.8. The van der Waals surface area contributed by atoms with Gasteiger partial charge in [-0.25, -0.2) is 0 Å². The molecule has 2 aliphatic rings. The van der Waals surface area contributed by atoms with Crippen molar-refractivity contribution in [2.45, 2.75) is 6.92 Å². The highest BCUT2D eigenvalue weighted by atomic mass is 16.5. The molecule has 1 aliphatic carbocycles. The van der Waals surface area contributed by atoms with Crippen LogP contribution in [0.25, 0.3) is 0 Å². The monoisotopic (exact) mass is 368 g/mol. The minimum atomic E-state index is -0.397. The summed E-state index contributed by atoms with van der Waals surface area (Å²) in [6, 6.07) is 6.59. The highest BCUT2D eigenvalue weighted by Crippen LogP contribution is 2.33. The molecule has 1 aromatic heterocycles. The zero-order chi connectivity index (χ0) is 19.0. The van der Waals surface area contributed by atoms with Crippen LogP contribution in [0.15, 0.2) is 28.7 Å². The van der Waals surface area contributed by atoms with Gasteiger partial charge in [-0.1, -0.05) is 24.3 Å². The van der Waals surface area contributed by atoms with E-state index in [1.807, 2.05) is 0 Å². The lowest BCUT2D eigenvalue weighted by molar-refractivity contribution is 0.0383. The first-order chi connectivity index (χ1) is 13.1. The quantitative estimate of drug-likeness (QED) is 0.749. The molecule has 1 aliphatic heterocycles. The highest BCUT2D eigenvalue weighted by Gasteiger charge is 2.38. The van der Waals surface area contributed by atoms with E-state index in [9.17, 15) is 14.4 Å². The Morgan fingerprint density at radius 2 is 1.78 bits per heavy atom. The molecule has 2 heterocycles. The molecule has 0 saturated carbocycles. The second kappa shape index (κ2) is 7.09. The Kier molecular flexibility index (Phi) is 4.63. The minimum absolute atomic E-state index is 0.0467. The standard InChI is InChI=1S/C20H20N2O5/c1-12-15(20(25)21-6-7-22-8-10-26-11-9-22)16-17(23)13-4-2-3-5-14(13)18(24)19(16)27-12/h2-5H,6-11H2,1H3,(H,21,25). The maximum absolute atomic E-state index is 12.9. The van der Waals surface area contributed by atoms with Crippen LogP contribution in [-0.4, -0.2) is 61.8 Å². The van der Waals surface area contributed by atoms with Crippen molar-refractivity contribution in [1.82, 2.24) is 10.2 Å². The van der Waals surface area contributed by atoms with Gasteiger partial charge in [0.05, 0.1) is 24.3 Å². The van der Waals surface area contributed by atoms with Gasteiger partial charge in [0, 0.05) is 37.3 Å². The first kappa shape index (κ1) is 17.6. The maximum Gasteiger partial charge on any atom is 0.255 e. The van der Waals surface area contributed by atoms with Crippen LogP contribution in [0.5, 0.6) is 0 Å². The Bertz CT molecular complexity index is 924. The Labute approximate surface area is 156 Å². The number of nitrogens with zero attached hydrogens (tertiary/aromatic N) is 1. The normalized spacial score (nSPS) is 16.8. The lowest BCUT2D eigenvalue weighted by atomic mass is 9.86. The Morgan fingerprint density at radius 3 is 2.48 bits per heavy atom. The van der Waals surface area contributed by atoms with E-state index in [2.05, 4.69) is 10.2 Å². The third-order valence-electron chi connectivity index (χ3n) is 4.98. The summed E-state index contributed by atoms with van der Waals surface area (Å²) in [5, 5.41) is 2.84. The molecule has 0 atom stereocenters. The van der Waals surface area contributed by atoms with Gasteiger partial charge in [-0.05, 0) is 6.92 Å². The molecule has 7 nitrogen and oxygen atoms in total. The molecule has 0 radical (unpaired) electrons. The van der Waals surface area contributed by atoms with E-state index in [4.69, 9.17) is 9.15 Å². The van der Waals surface area contributed by atoms with Crippen LogP contribution in [0.4, 0.5) is 0 Å². The average Bonchev–Trinajstić information content (AvgIpc) is 3.04. The second-order valence-electron chi connectivity index (χ2n) is 6.65. The van der Waals surface area contributed by atoms with E-state index in [1.165, 1.54) is 0 Å². The summed E-state index contributed by atoms with van der Waals surface area (Å²) in [4.78, 5) is 40.5. The van der Waals surface area contributed by atoms with Crippen LogP contribution < -0.4 is 5.32 Å². The lowest BCUT2D eigenvalue weighted by Gasteiger charge is -2.26. The zero-order valence-electron chi connectivity index (χ0n) is 15.0. The predicted octanol–water partition coefficient (Wildman–Crippen LogP) is 1.43. The summed E-state index contributed by atoms with van der Waals surface area (Å²) in [5.41, 5.74) is 0.834. The molecular weight excluding hydrogens is 348 g/mol. The van der Waals surface area contributed by atoms with Crippen molar-refractivity contribution in [2.24, 2.45) is 0 Å². The van der Waals surface area contributed by atoms with Crippen molar-refractivity contribution in [3.63, 3.8) is 0 Å². The summed E-state index contributed by atoms with van der Waals surface area (Å²) in [5.74, 6) is -0.884. The summed E-state index contributed by atoms with van der Waals surface area (Å²) >= 11 is 0. The van der Waals surface area contributed by atoms with Gasteiger partial charge in [-0.2, -0.15) is 0 Å². The van der Waals surface area contributed by atoms with Gasteiger partial charge in [0.1, 0.15) is 5.76 Å². The summed E-state index contributed by atoms with van der Waals surface area (Å²) in [6.45, 7) is 5.79. The first-order valence-corrected chi connectivity index (χ1v) is 8.98. The largest absolute Gasteiger partial charge is 0.456 e. The van der Waals surface area contributed by atoms with Crippen molar-refractivity contribution >= 4 is 17.5 Å². The molecule has 1 amide bonds. The molecule has 0 unspecified atom stereocenters. The van der Waals surface area contributed by atoms with Crippen LogP contribution >= 0.6 is 0 Å². The second-order valence-corrected chi connectivity index (χ2v) is 6.65. The van der Waals surface area contributed by atoms with E-state index in [-0.39, 0.29) is 34.2 Å².